The maximum atomic E-state index is 10.9. The number of carbonyl (C=O) groups is 1. The second-order valence-electron chi connectivity index (χ2n) is 3.61. The Morgan fingerprint density at radius 1 is 0.900 bits per heavy atom. The first-order valence-corrected chi connectivity index (χ1v) is 8.72. The van der Waals surface area contributed by atoms with Crippen molar-refractivity contribution in [2.24, 2.45) is 0 Å². The summed E-state index contributed by atoms with van der Waals surface area (Å²) in [6.45, 7) is 4.00. The van der Waals surface area contributed by atoms with Gasteiger partial charge in [-0.1, -0.05) is 19.9 Å². The van der Waals surface area contributed by atoms with Crippen LogP contribution in [0, 0.1) is 0 Å². The molecule has 0 aromatic carbocycles. The van der Waals surface area contributed by atoms with Crippen LogP contribution >= 0.6 is 34.0 Å². The van der Waals surface area contributed by atoms with Crippen molar-refractivity contribution in [3.8, 4) is 19.5 Å². The molecule has 0 fully saturated rings. The van der Waals surface area contributed by atoms with Crippen LogP contribution in [-0.4, -0.2) is 11.1 Å². The van der Waals surface area contributed by atoms with Gasteiger partial charge >= 0.3 is 5.97 Å². The topological polar surface area (TPSA) is 37.3 Å². The summed E-state index contributed by atoms with van der Waals surface area (Å²) in [7, 11) is 0. The lowest BCUT2D eigenvalue weighted by atomic mass is 10.3. The Labute approximate surface area is 130 Å². The van der Waals surface area contributed by atoms with Gasteiger partial charge in [0.15, 0.2) is 0 Å². The number of rotatable bonds is 3. The third-order valence-electron chi connectivity index (χ3n) is 2.43. The van der Waals surface area contributed by atoms with Crippen LogP contribution in [0.15, 0.2) is 41.8 Å². The fourth-order valence-corrected chi connectivity index (χ4v) is 4.38. The average molecular weight is 322 g/mol. The van der Waals surface area contributed by atoms with Gasteiger partial charge in [-0.15, -0.1) is 34.0 Å². The zero-order chi connectivity index (χ0) is 14.5. The van der Waals surface area contributed by atoms with Gasteiger partial charge in [-0.25, -0.2) is 4.79 Å². The van der Waals surface area contributed by atoms with Crippen molar-refractivity contribution in [2.45, 2.75) is 13.8 Å². The molecule has 0 aliphatic rings. The lowest BCUT2D eigenvalue weighted by molar-refractivity contribution is 0.0702. The maximum absolute atomic E-state index is 10.9. The van der Waals surface area contributed by atoms with Crippen LogP contribution in [0.25, 0.3) is 19.5 Å². The van der Waals surface area contributed by atoms with Gasteiger partial charge in [0, 0.05) is 19.5 Å². The summed E-state index contributed by atoms with van der Waals surface area (Å²) < 4.78 is 0. The first-order valence-electron chi connectivity index (χ1n) is 6.21. The zero-order valence-corrected chi connectivity index (χ0v) is 13.6. The van der Waals surface area contributed by atoms with E-state index in [9.17, 15) is 4.79 Å². The third-order valence-corrected chi connectivity index (χ3v) is 5.85. The van der Waals surface area contributed by atoms with Crippen molar-refractivity contribution < 1.29 is 9.90 Å². The van der Waals surface area contributed by atoms with Crippen molar-refractivity contribution in [2.75, 3.05) is 0 Å². The Morgan fingerprint density at radius 3 is 2.05 bits per heavy atom. The second-order valence-corrected chi connectivity index (χ2v) is 6.73. The van der Waals surface area contributed by atoms with E-state index in [2.05, 4.69) is 23.6 Å². The van der Waals surface area contributed by atoms with Crippen LogP contribution < -0.4 is 0 Å². The van der Waals surface area contributed by atoms with Crippen molar-refractivity contribution in [3.05, 3.63) is 46.7 Å². The van der Waals surface area contributed by atoms with Gasteiger partial charge in [-0.05, 0) is 35.7 Å². The van der Waals surface area contributed by atoms with Crippen LogP contribution in [0.4, 0.5) is 0 Å². The summed E-state index contributed by atoms with van der Waals surface area (Å²) in [4.78, 5) is 15.9. The maximum Gasteiger partial charge on any atom is 0.345 e. The van der Waals surface area contributed by atoms with E-state index >= 15 is 0 Å². The second kappa shape index (κ2) is 6.83. The number of aromatic carboxylic acids is 1. The van der Waals surface area contributed by atoms with E-state index in [-0.39, 0.29) is 0 Å². The quantitative estimate of drug-likeness (QED) is 0.649. The van der Waals surface area contributed by atoms with E-state index in [4.69, 9.17) is 5.11 Å². The minimum atomic E-state index is -0.860. The van der Waals surface area contributed by atoms with Crippen LogP contribution in [-0.2, 0) is 0 Å². The molecule has 0 saturated heterocycles. The third kappa shape index (κ3) is 3.17. The van der Waals surface area contributed by atoms with Gasteiger partial charge in [-0.2, -0.15) is 0 Å². The van der Waals surface area contributed by atoms with Crippen LogP contribution in [0.2, 0.25) is 0 Å². The molecule has 5 heteroatoms. The van der Waals surface area contributed by atoms with Gasteiger partial charge in [0.05, 0.1) is 0 Å². The van der Waals surface area contributed by atoms with Crippen molar-refractivity contribution in [1.29, 1.82) is 0 Å². The summed E-state index contributed by atoms with van der Waals surface area (Å²) in [5.41, 5.74) is 0. The Bertz CT molecular complexity index is 678. The highest BCUT2D eigenvalue weighted by Crippen LogP contribution is 2.38. The van der Waals surface area contributed by atoms with E-state index < -0.39 is 5.97 Å². The Kier molecular flexibility index (Phi) is 5.11. The van der Waals surface area contributed by atoms with Crippen molar-refractivity contribution >= 4 is 40.0 Å². The molecule has 0 bridgehead atoms. The van der Waals surface area contributed by atoms with Gasteiger partial charge in [-0.3, -0.25) is 0 Å². The van der Waals surface area contributed by atoms with E-state index in [1.807, 2.05) is 26.0 Å². The molecule has 2 nitrogen and oxygen atoms in total. The summed E-state index contributed by atoms with van der Waals surface area (Å²) in [6.07, 6.45) is 0. The molecule has 3 rings (SSSR count). The predicted octanol–water partition coefficient (Wildman–Crippen LogP) is 5.93. The van der Waals surface area contributed by atoms with E-state index in [0.717, 1.165) is 9.75 Å². The predicted molar refractivity (Wildman–Crippen MR) is 89.3 cm³/mol. The molecule has 0 aliphatic carbocycles. The van der Waals surface area contributed by atoms with E-state index in [1.54, 1.807) is 28.7 Å². The molecule has 20 heavy (non-hydrogen) atoms. The lowest BCUT2D eigenvalue weighted by Crippen LogP contribution is -1.89. The summed E-state index contributed by atoms with van der Waals surface area (Å²) >= 11 is 4.73. The van der Waals surface area contributed by atoms with Gasteiger partial charge < -0.3 is 5.11 Å². The molecule has 3 aromatic rings. The van der Waals surface area contributed by atoms with Gasteiger partial charge in [0.1, 0.15) is 4.88 Å². The van der Waals surface area contributed by atoms with Gasteiger partial charge in [0.2, 0.25) is 0 Å². The van der Waals surface area contributed by atoms with Crippen LogP contribution in [0.5, 0.6) is 0 Å². The monoisotopic (exact) mass is 322 g/mol. The molecule has 0 atom stereocenters. The van der Waals surface area contributed by atoms with E-state index in [0.29, 0.717) is 4.88 Å². The van der Waals surface area contributed by atoms with Gasteiger partial charge in [0.25, 0.3) is 0 Å². The molecule has 0 amide bonds. The Morgan fingerprint density at radius 2 is 1.50 bits per heavy atom. The molecule has 3 aromatic heterocycles. The largest absolute Gasteiger partial charge is 0.477 e. The fourth-order valence-electron chi connectivity index (χ4n) is 1.61. The number of hydrogen-bond acceptors (Lipinski definition) is 4. The molecule has 3 heterocycles. The molecule has 0 spiro atoms. The highest BCUT2D eigenvalue weighted by atomic mass is 32.1. The Hall–Kier alpha value is -1.43. The molecular formula is C15H14O2S3. The zero-order valence-electron chi connectivity index (χ0n) is 11.1. The molecule has 0 aliphatic heterocycles. The first kappa shape index (κ1) is 15.0. The minimum Gasteiger partial charge on any atom is -0.477 e. The first-order chi connectivity index (χ1) is 9.74. The standard InChI is InChI=1S/C13H8O2S3.C2H6/c14-13(15)12-6-5-11(18-12)10-4-3-9(17-10)8-2-1-7-16-8;1-2/h1-7H,(H,14,15);1-2H3. The molecule has 0 saturated carbocycles. The highest BCUT2D eigenvalue weighted by Gasteiger charge is 2.11. The summed E-state index contributed by atoms with van der Waals surface area (Å²) in [5, 5.41) is 11.0. The molecule has 1 N–H and O–H groups in total. The average Bonchev–Trinajstić information content (AvgIpc) is 3.20. The normalized spacial score (nSPS) is 9.90. The minimum absolute atomic E-state index is 0.385. The van der Waals surface area contributed by atoms with Crippen molar-refractivity contribution in [3.63, 3.8) is 0 Å². The fraction of sp³-hybridized carbons (Fsp3) is 0.133. The molecule has 104 valence electrons. The van der Waals surface area contributed by atoms with Crippen LogP contribution in [0.3, 0.4) is 0 Å². The highest BCUT2D eigenvalue weighted by molar-refractivity contribution is 7.26. The van der Waals surface area contributed by atoms with Crippen LogP contribution in [0.1, 0.15) is 23.5 Å². The number of carboxylic acid groups (broad SMARTS) is 1. The number of thiophene rings is 3. The number of carboxylic acids is 1. The molecule has 0 radical (unpaired) electrons. The smallest absolute Gasteiger partial charge is 0.345 e. The number of hydrogen-bond donors (Lipinski definition) is 1. The molecular weight excluding hydrogens is 308 g/mol. The lowest BCUT2D eigenvalue weighted by Gasteiger charge is -1.90. The van der Waals surface area contributed by atoms with E-state index in [1.165, 1.54) is 21.1 Å². The molecule has 0 unspecified atom stereocenters. The summed E-state index contributed by atoms with van der Waals surface area (Å²) in [5.74, 6) is -0.860. The summed E-state index contributed by atoms with van der Waals surface area (Å²) in [6, 6.07) is 11.8. The van der Waals surface area contributed by atoms with Crippen molar-refractivity contribution in [1.82, 2.24) is 0 Å². The SMILES string of the molecule is CC.O=C(O)c1ccc(-c2ccc(-c3cccs3)s2)s1. The Balaban J connectivity index is 0.000000704.